The topological polar surface area (TPSA) is 106 Å². The first-order chi connectivity index (χ1) is 25.0. The summed E-state index contributed by atoms with van der Waals surface area (Å²) in [6.45, 7) is 9.17. The second-order valence-corrected chi connectivity index (χ2v) is 14.3. The molecule has 2 saturated heterocycles. The molecule has 2 aliphatic heterocycles. The summed E-state index contributed by atoms with van der Waals surface area (Å²) >= 11 is 0. The van der Waals surface area contributed by atoms with Crippen molar-refractivity contribution in [2.75, 3.05) is 44.3 Å². The highest BCUT2D eigenvalue weighted by Crippen LogP contribution is 2.44. The second kappa shape index (κ2) is 16.4. The van der Waals surface area contributed by atoms with Crippen LogP contribution in [-0.2, 0) is 9.47 Å². The molecule has 10 nitrogen and oxygen atoms in total. The van der Waals surface area contributed by atoms with Gasteiger partial charge >= 0.3 is 12.2 Å². The number of nitrogens with one attached hydrogen (secondary N) is 1. The lowest BCUT2D eigenvalue weighted by molar-refractivity contribution is 0.0164. The van der Waals surface area contributed by atoms with Crippen molar-refractivity contribution in [1.82, 2.24) is 20.2 Å². The van der Waals surface area contributed by atoms with E-state index in [9.17, 15) is 18.4 Å². The Morgan fingerprint density at radius 3 is 1.96 bits per heavy atom. The van der Waals surface area contributed by atoms with E-state index in [-0.39, 0.29) is 18.1 Å². The third-order valence-corrected chi connectivity index (χ3v) is 9.31. The molecular weight excluding hydrogens is 668 g/mol. The minimum Gasteiger partial charge on any atom is -0.490 e. The van der Waals surface area contributed by atoms with Crippen LogP contribution in [0.2, 0.25) is 0 Å². The first-order valence-corrected chi connectivity index (χ1v) is 17.7. The van der Waals surface area contributed by atoms with E-state index in [2.05, 4.69) is 44.5 Å². The number of halogens is 2. The van der Waals surface area contributed by atoms with Crippen LogP contribution in [-0.4, -0.2) is 78.1 Å². The molecule has 0 spiro atoms. The molecule has 52 heavy (non-hydrogen) atoms. The van der Waals surface area contributed by atoms with E-state index in [0.717, 1.165) is 50.1 Å². The minimum absolute atomic E-state index is 0.0346. The van der Waals surface area contributed by atoms with Crippen LogP contribution in [0.25, 0.3) is 11.1 Å². The van der Waals surface area contributed by atoms with Gasteiger partial charge in [-0.05, 0) is 92.5 Å². The summed E-state index contributed by atoms with van der Waals surface area (Å²) in [6.07, 6.45) is 5.26. The molecule has 3 aliphatic rings. The molecule has 1 aliphatic carbocycles. The number of rotatable bonds is 7. The van der Waals surface area contributed by atoms with Crippen LogP contribution in [0.5, 0.6) is 5.75 Å². The molecule has 1 atom stereocenters. The maximum absolute atomic E-state index is 12.8. The van der Waals surface area contributed by atoms with Gasteiger partial charge in [0.1, 0.15) is 23.8 Å². The number of likely N-dealkylation sites (tertiary alicyclic amines) is 1. The van der Waals surface area contributed by atoms with Crippen molar-refractivity contribution >= 4 is 18.1 Å². The Hall–Kier alpha value is -5.26. The number of alkyl carbamates (subject to hydrolysis) is 1. The predicted octanol–water partition coefficient (Wildman–Crippen LogP) is 7.58. The van der Waals surface area contributed by atoms with E-state index in [1.807, 2.05) is 45.0 Å². The third-order valence-electron chi connectivity index (χ3n) is 9.31. The SMILES string of the molecule is CC(C)(C)OC(=O)N1CCC(COc2cnc(N3CCC(NC(=O)OCC4c5ccccc5-c5ccccc54)C3)nc2)CC1.Fc1ccc(F)cc1. The van der Waals surface area contributed by atoms with Crippen molar-refractivity contribution in [3.63, 3.8) is 0 Å². The molecule has 4 aromatic rings. The average molecular weight is 714 g/mol. The highest BCUT2D eigenvalue weighted by molar-refractivity contribution is 5.79. The number of amides is 2. The van der Waals surface area contributed by atoms with E-state index >= 15 is 0 Å². The molecule has 274 valence electrons. The van der Waals surface area contributed by atoms with Crippen LogP contribution in [0, 0.1) is 17.6 Å². The monoisotopic (exact) mass is 713 g/mol. The van der Waals surface area contributed by atoms with Gasteiger partial charge in [-0.2, -0.15) is 0 Å². The molecule has 2 fully saturated rings. The minimum atomic E-state index is -0.488. The summed E-state index contributed by atoms with van der Waals surface area (Å²) in [5, 5.41) is 3.02. The van der Waals surface area contributed by atoms with E-state index in [1.54, 1.807) is 17.3 Å². The van der Waals surface area contributed by atoms with Gasteiger partial charge in [0, 0.05) is 32.1 Å². The van der Waals surface area contributed by atoms with E-state index in [4.69, 9.17) is 14.2 Å². The summed E-state index contributed by atoms with van der Waals surface area (Å²) in [5.41, 5.74) is 4.32. The fourth-order valence-corrected chi connectivity index (χ4v) is 6.67. The van der Waals surface area contributed by atoms with Gasteiger partial charge in [-0.25, -0.2) is 28.3 Å². The number of fused-ring (bicyclic) bond motifs is 3. The summed E-state index contributed by atoms with van der Waals surface area (Å²) in [5.74, 6) is 0.803. The number of hydrogen-bond donors (Lipinski definition) is 1. The Balaban J connectivity index is 0.000000514. The molecule has 0 radical (unpaired) electrons. The zero-order chi connectivity index (χ0) is 36.7. The van der Waals surface area contributed by atoms with Crippen molar-refractivity contribution in [3.05, 3.63) is 108 Å². The number of piperidine rings is 1. The number of hydrogen-bond acceptors (Lipinski definition) is 8. The fraction of sp³-hybridized carbons (Fsp3) is 0.400. The highest BCUT2D eigenvalue weighted by Gasteiger charge is 2.31. The Bertz CT molecular complexity index is 1740. The largest absolute Gasteiger partial charge is 0.490 e. The maximum Gasteiger partial charge on any atom is 0.410 e. The van der Waals surface area contributed by atoms with Crippen LogP contribution in [0.3, 0.4) is 0 Å². The highest BCUT2D eigenvalue weighted by atomic mass is 19.1. The average Bonchev–Trinajstić information content (AvgIpc) is 3.73. The standard InChI is InChI=1S/C34H41N5O5.C6H4F2/c1-34(2,3)44-33(41)38-15-12-23(13-16-38)21-42-25-18-35-31(36-19-25)39-17-14-24(20-39)37-32(40)43-22-30-28-10-6-4-8-26(28)27-9-5-7-11-29(27)30;7-5-1-2-6(8)4-3-5/h4-11,18-19,23-24,30H,12-17,20-22H2,1-3H3,(H,37,40);1-4H. The van der Waals surface area contributed by atoms with Gasteiger partial charge in [0.25, 0.3) is 0 Å². The summed E-state index contributed by atoms with van der Waals surface area (Å²) in [6, 6.07) is 20.9. The lowest BCUT2D eigenvalue weighted by Crippen LogP contribution is -2.42. The Morgan fingerprint density at radius 2 is 1.38 bits per heavy atom. The van der Waals surface area contributed by atoms with Crippen LogP contribution in [0.1, 0.15) is 57.1 Å². The fourth-order valence-electron chi connectivity index (χ4n) is 6.67. The molecule has 1 N–H and O–H groups in total. The van der Waals surface area contributed by atoms with Crippen molar-refractivity contribution in [3.8, 4) is 16.9 Å². The van der Waals surface area contributed by atoms with Gasteiger partial charge in [-0.1, -0.05) is 48.5 Å². The number of nitrogens with zero attached hydrogens (tertiary/aromatic N) is 4. The Kier molecular flexibility index (Phi) is 11.5. The van der Waals surface area contributed by atoms with Gasteiger partial charge in [0.05, 0.1) is 25.0 Å². The van der Waals surface area contributed by atoms with E-state index in [1.165, 1.54) is 22.3 Å². The summed E-state index contributed by atoms with van der Waals surface area (Å²) in [7, 11) is 0. The van der Waals surface area contributed by atoms with Crippen molar-refractivity contribution in [2.24, 2.45) is 5.92 Å². The lowest BCUT2D eigenvalue weighted by atomic mass is 9.98. The van der Waals surface area contributed by atoms with Crippen molar-refractivity contribution in [2.45, 2.75) is 57.6 Å². The number of aromatic nitrogens is 2. The number of carbonyl (C=O) groups excluding carboxylic acids is 2. The second-order valence-electron chi connectivity index (χ2n) is 14.3. The third kappa shape index (κ3) is 9.54. The van der Waals surface area contributed by atoms with Gasteiger partial charge in [-0.3, -0.25) is 0 Å². The zero-order valence-corrected chi connectivity index (χ0v) is 29.8. The number of anilines is 1. The van der Waals surface area contributed by atoms with Crippen LogP contribution < -0.4 is 15.0 Å². The number of benzene rings is 3. The van der Waals surface area contributed by atoms with Crippen molar-refractivity contribution in [1.29, 1.82) is 0 Å². The zero-order valence-electron chi connectivity index (χ0n) is 29.8. The maximum atomic E-state index is 12.8. The first-order valence-electron chi connectivity index (χ1n) is 17.7. The number of ether oxygens (including phenoxy) is 3. The summed E-state index contributed by atoms with van der Waals surface area (Å²) < 4.78 is 41.0. The van der Waals surface area contributed by atoms with E-state index in [0.29, 0.717) is 50.5 Å². The predicted molar refractivity (Wildman–Crippen MR) is 193 cm³/mol. The van der Waals surface area contributed by atoms with Crippen molar-refractivity contribution < 1.29 is 32.6 Å². The molecule has 0 saturated carbocycles. The molecule has 3 aromatic carbocycles. The molecule has 1 aromatic heterocycles. The van der Waals surface area contributed by atoms with Crippen LogP contribution >= 0.6 is 0 Å². The van der Waals surface area contributed by atoms with Gasteiger partial charge in [-0.15, -0.1) is 0 Å². The van der Waals surface area contributed by atoms with Crippen LogP contribution in [0.15, 0.2) is 85.2 Å². The molecule has 12 heteroatoms. The normalized spacial score (nSPS) is 17.1. The Labute approximate surface area is 303 Å². The summed E-state index contributed by atoms with van der Waals surface area (Å²) in [4.78, 5) is 37.9. The molecule has 3 heterocycles. The Morgan fingerprint density at radius 1 is 0.808 bits per heavy atom. The molecule has 0 bridgehead atoms. The molecule has 2 amide bonds. The molecule has 1 unspecified atom stereocenters. The van der Waals surface area contributed by atoms with Gasteiger partial charge in [0.15, 0.2) is 5.75 Å². The quantitative estimate of drug-likeness (QED) is 0.209. The smallest absolute Gasteiger partial charge is 0.410 e. The van der Waals surface area contributed by atoms with E-state index < -0.39 is 23.3 Å². The first kappa shape index (κ1) is 36.5. The number of carbonyl (C=O) groups is 2. The van der Waals surface area contributed by atoms with Gasteiger partial charge < -0.3 is 29.3 Å². The lowest BCUT2D eigenvalue weighted by Gasteiger charge is -2.33. The van der Waals surface area contributed by atoms with Gasteiger partial charge in [0.2, 0.25) is 5.95 Å². The van der Waals surface area contributed by atoms with Crippen LogP contribution in [0.4, 0.5) is 24.3 Å². The molecule has 7 rings (SSSR count). The molecular formula is C40H45F2N5O5.